The van der Waals surface area contributed by atoms with E-state index < -0.39 is 0 Å². The zero-order chi connectivity index (χ0) is 8.69. The number of hydrogen-bond acceptors (Lipinski definition) is 1. The minimum Gasteiger partial charge on any atom is -0.297 e. The van der Waals surface area contributed by atoms with Crippen LogP contribution >= 0.6 is 0 Å². The summed E-state index contributed by atoms with van der Waals surface area (Å²) in [5.41, 5.74) is 2.67. The molecule has 0 saturated carbocycles. The topological polar surface area (TPSA) is 12.4 Å². The quantitative estimate of drug-likeness (QED) is 0.434. The van der Waals surface area contributed by atoms with E-state index in [9.17, 15) is 0 Å². The van der Waals surface area contributed by atoms with Crippen molar-refractivity contribution in [3.05, 3.63) is 23.3 Å². The molecule has 0 unspecified atom stereocenters. The van der Waals surface area contributed by atoms with Gasteiger partial charge in [-0.3, -0.25) is 4.99 Å². The van der Waals surface area contributed by atoms with Crippen molar-refractivity contribution in [3.8, 4) is 0 Å². The Morgan fingerprint density at radius 3 is 2.45 bits per heavy atom. The Hall–Kier alpha value is -0.850. The van der Waals surface area contributed by atoms with Gasteiger partial charge in [0.15, 0.2) is 0 Å². The molecule has 11 heavy (non-hydrogen) atoms. The van der Waals surface area contributed by atoms with E-state index in [1.165, 1.54) is 11.1 Å². The summed E-state index contributed by atoms with van der Waals surface area (Å²) in [4.78, 5) is 3.88. The van der Waals surface area contributed by atoms with Crippen molar-refractivity contribution in [1.29, 1.82) is 0 Å². The van der Waals surface area contributed by atoms with Crippen molar-refractivity contribution < 1.29 is 0 Å². The molecule has 62 valence electrons. The van der Waals surface area contributed by atoms with Crippen molar-refractivity contribution in [3.63, 3.8) is 0 Å². The fourth-order valence-corrected chi connectivity index (χ4v) is 0.731. The van der Waals surface area contributed by atoms with Crippen LogP contribution in [0.2, 0.25) is 0 Å². The summed E-state index contributed by atoms with van der Waals surface area (Å²) in [6.45, 7) is 6.38. The van der Waals surface area contributed by atoms with E-state index in [0.717, 1.165) is 6.42 Å². The summed E-state index contributed by atoms with van der Waals surface area (Å²) in [6, 6.07) is 0. The Morgan fingerprint density at radius 2 is 2.00 bits per heavy atom. The molecule has 0 fully saturated rings. The zero-order valence-corrected chi connectivity index (χ0v) is 7.89. The summed E-state index contributed by atoms with van der Waals surface area (Å²) in [7, 11) is 1.78. The van der Waals surface area contributed by atoms with Crippen LogP contribution in [0.5, 0.6) is 0 Å². The third-order valence-corrected chi connectivity index (χ3v) is 1.52. The van der Waals surface area contributed by atoms with Crippen molar-refractivity contribution in [2.24, 2.45) is 4.99 Å². The van der Waals surface area contributed by atoms with Gasteiger partial charge in [0.05, 0.1) is 0 Å². The lowest BCUT2D eigenvalue weighted by Gasteiger charge is -1.94. The number of hydrogen-bond donors (Lipinski definition) is 0. The summed E-state index contributed by atoms with van der Waals surface area (Å²) in [6.07, 6.45) is 7.13. The number of aliphatic imine (C=N–C) groups is 1. The monoisotopic (exact) mass is 151 g/mol. The highest BCUT2D eigenvalue weighted by Gasteiger charge is 1.83. The molecule has 0 bridgehead atoms. The molecule has 1 heteroatoms. The molecule has 0 aliphatic rings. The molecular weight excluding hydrogens is 134 g/mol. The molecule has 0 radical (unpaired) electrons. The fraction of sp³-hybridized carbons (Fsp3) is 0.500. The minimum absolute atomic E-state index is 1.12. The lowest BCUT2D eigenvalue weighted by molar-refractivity contribution is 1.09. The molecular formula is C10H17N. The lowest BCUT2D eigenvalue weighted by Crippen LogP contribution is -1.75. The van der Waals surface area contributed by atoms with E-state index in [0.29, 0.717) is 0 Å². The zero-order valence-electron chi connectivity index (χ0n) is 7.89. The van der Waals surface area contributed by atoms with Crippen molar-refractivity contribution in [2.45, 2.75) is 27.2 Å². The lowest BCUT2D eigenvalue weighted by atomic mass is 10.1. The Morgan fingerprint density at radius 1 is 1.36 bits per heavy atom. The minimum atomic E-state index is 1.12. The van der Waals surface area contributed by atoms with Gasteiger partial charge in [-0.15, -0.1) is 0 Å². The van der Waals surface area contributed by atoms with Crippen molar-refractivity contribution in [1.82, 2.24) is 0 Å². The highest BCUT2D eigenvalue weighted by Crippen LogP contribution is 2.03. The largest absolute Gasteiger partial charge is 0.297 e. The molecule has 0 aliphatic heterocycles. The third kappa shape index (κ3) is 5.59. The van der Waals surface area contributed by atoms with E-state index in [4.69, 9.17) is 0 Å². The van der Waals surface area contributed by atoms with E-state index in [1.807, 2.05) is 12.3 Å². The van der Waals surface area contributed by atoms with Crippen molar-refractivity contribution >= 4 is 6.21 Å². The molecule has 0 aromatic heterocycles. The molecule has 0 atom stereocenters. The average molecular weight is 151 g/mol. The van der Waals surface area contributed by atoms with E-state index >= 15 is 0 Å². The van der Waals surface area contributed by atoms with Gasteiger partial charge >= 0.3 is 0 Å². The van der Waals surface area contributed by atoms with Crippen LogP contribution in [0, 0.1) is 0 Å². The molecule has 0 heterocycles. The average Bonchev–Trinajstić information content (AvgIpc) is 2.00. The maximum absolute atomic E-state index is 3.88. The molecule has 0 amide bonds. The standard InChI is InChI=1S/C10H17N/c1-5-9(2)8-10(3)6-7-11-4/h6-8H,5H2,1-4H3/b9-8+,10-6-,11-7-. The molecule has 0 aliphatic carbocycles. The van der Waals surface area contributed by atoms with Crippen LogP contribution in [0.1, 0.15) is 27.2 Å². The summed E-state index contributed by atoms with van der Waals surface area (Å²) in [5.74, 6) is 0. The van der Waals surface area contributed by atoms with Crippen molar-refractivity contribution in [2.75, 3.05) is 7.05 Å². The molecule has 0 rings (SSSR count). The third-order valence-electron chi connectivity index (χ3n) is 1.52. The Bertz CT molecular complexity index is 185. The first-order chi connectivity index (χ1) is 5.20. The van der Waals surface area contributed by atoms with E-state index in [2.05, 4.69) is 31.8 Å². The summed E-state index contributed by atoms with van der Waals surface area (Å²) in [5, 5.41) is 0. The second-order valence-corrected chi connectivity index (χ2v) is 2.66. The van der Waals surface area contributed by atoms with Gasteiger partial charge in [-0.05, 0) is 31.9 Å². The van der Waals surface area contributed by atoms with Crippen LogP contribution in [0.4, 0.5) is 0 Å². The molecule has 0 saturated heterocycles. The molecule has 0 aromatic rings. The SMILES string of the molecule is CC/C(C)=C/C(C)=C\C=N/C. The molecule has 1 nitrogen and oxygen atoms in total. The second kappa shape index (κ2) is 5.90. The fourth-order valence-electron chi connectivity index (χ4n) is 0.731. The predicted octanol–water partition coefficient (Wildman–Crippen LogP) is 2.99. The van der Waals surface area contributed by atoms with Gasteiger partial charge in [0.1, 0.15) is 0 Å². The smallest absolute Gasteiger partial charge is 0.0277 e. The van der Waals surface area contributed by atoms with Crippen LogP contribution < -0.4 is 0 Å². The highest BCUT2D eigenvalue weighted by molar-refractivity contribution is 5.72. The maximum Gasteiger partial charge on any atom is 0.0277 e. The van der Waals surface area contributed by atoms with E-state index in [1.54, 1.807) is 7.05 Å². The van der Waals surface area contributed by atoms with Crippen LogP contribution in [-0.2, 0) is 0 Å². The maximum atomic E-state index is 3.88. The second-order valence-electron chi connectivity index (χ2n) is 2.66. The Balaban J connectivity index is 4.14. The Kier molecular flexibility index (Phi) is 5.44. The van der Waals surface area contributed by atoms with Crippen LogP contribution in [-0.4, -0.2) is 13.3 Å². The van der Waals surface area contributed by atoms with Gasteiger partial charge in [0.25, 0.3) is 0 Å². The van der Waals surface area contributed by atoms with E-state index in [-0.39, 0.29) is 0 Å². The van der Waals surface area contributed by atoms with Crippen LogP contribution in [0.3, 0.4) is 0 Å². The summed E-state index contributed by atoms with van der Waals surface area (Å²) >= 11 is 0. The molecule has 0 N–H and O–H groups in total. The van der Waals surface area contributed by atoms with Crippen LogP contribution in [0.25, 0.3) is 0 Å². The van der Waals surface area contributed by atoms with Gasteiger partial charge in [-0.1, -0.05) is 18.6 Å². The Labute approximate surface area is 69.5 Å². The van der Waals surface area contributed by atoms with Gasteiger partial charge in [0, 0.05) is 13.3 Å². The normalized spacial score (nSPS) is 14.5. The van der Waals surface area contributed by atoms with Crippen LogP contribution in [0.15, 0.2) is 28.3 Å². The first-order valence-corrected chi connectivity index (χ1v) is 3.97. The predicted molar refractivity (Wildman–Crippen MR) is 52.2 cm³/mol. The van der Waals surface area contributed by atoms with Gasteiger partial charge < -0.3 is 0 Å². The van der Waals surface area contributed by atoms with Gasteiger partial charge in [-0.2, -0.15) is 0 Å². The number of rotatable bonds is 3. The number of allylic oxidation sites excluding steroid dienone is 4. The first kappa shape index (κ1) is 10.2. The number of nitrogens with zero attached hydrogens (tertiary/aromatic N) is 1. The summed E-state index contributed by atoms with van der Waals surface area (Å²) < 4.78 is 0. The molecule has 0 spiro atoms. The highest BCUT2D eigenvalue weighted by atomic mass is 14.6. The van der Waals surface area contributed by atoms with Gasteiger partial charge in [0.2, 0.25) is 0 Å². The molecule has 0 aromatic carbocycles. The van der Waals surface area contributed by atoms with Gasteiger partial charge in [-0.25, -0.2) is 0 Å². The first-order valence-electron chi connectivity index (χ1n) is 3.97.